The molecule has 0 aromatic carbocycles. The van der Waals surface area contributed by atoms with Gasteiger partial charge in [0.2, 0.25) is 0 Å². The lowest BCUT2D eigenvalue weighted by Crippen LogP contribution is -2.34. The van der Waals surface area contributed by atoms with Crippen molar-refractivity contribution in [2.45, 2.75) is 51.6 Å². The van der Waals surface area contributed by atoms with Crippen molar-refractivity contribution < 1.29 is 24.9 Å². The van der Waals surface area contributed by atoms with E-state index < -0.39 is 23.9 Å². The molecule has 0 aliphatic rings. The Labute approximate surface area is 130 Å². The maximum Gasteiger partial charge on any atom is 0.407 e. The molecule has 0 saturated carbocycles. The highest BCUT2D eigenvalue weighted by Crippen LogP contribution is 2.19. The number of carbonyl (C=O) groups is 1. The maximum absolute atomic E-state index is 11.4. The second kappa shape index (κ2) is 8.07. The van der Waals surface area contributed by atoms with Gasteiger partial charge in [0, 0.05) is 24.5 Å². The summed E-state index contributed by atoms with van der Waals surface area (Å²) >= 11 is 0. The Hall–Kier alpha value is -1.70. The first-order valence-corrected chi connectivity index (χ1v) is 7.10. The van der Waals surface area contributed by atoms with Crippen LogP contribution in [-0.2, 0) is 11.3 Å². The first kappa shape index (κ1) is 18.3. The summed E-state index contributed by atoms with van der Waals surface area (Å²) in [5.74, 6) is 0. The van der Waals surface area contributed by atoms with Crippen molar-refractivity contribution in [1.82, 2.24) is 10.3 Å². The Morgan fingerprint density at radius 2 is 2.05 bits per heavy atom. The molecule has 2 unspecified atom stereocenters. The predicted octanol–water partition coefficient (Wildman–Crippen LogP) is 0.883. The van der Waals surface area contributed by atoms with E-state index in [1.54, 1.807) is 26.8 Å². The molecular formula is C15H24N2O5. The molecule has 0 saturated heterocycles. The van der Waals surface area contributed by atoms with Crippen LogP contribution in [0.15, 0.2) is 18.5 Å². The molecule has 0 spiro atoms. The molecule has 0 aliphatic heterocycles. The highest BCUT2D eigenvalue weighted by Gasteiger charge is 2.20. The smallest absolute Gasteiger partial charge is 0.407 e. The third-order valence-corrected chi connectivity index (χ3v) is 2.81. The molecule has 1 rings (SSSR count). The van der Waals surface area contributed by atoms with Gasteiger partial charge in [0.05, 0.1) is 12.7 Å². The lowest BCUT2D eigenvalue weighted by Gasteiger charge is -2.21. The summed E-state index contributed by atoms with van der Waals surface area (Å²) in [7, 11) is 0. The van der Waals surface area contributed by atoms with E-state index in [2.05, 4.69) is 10.3 Å². The maximum atomic E-state index is 11.4. The minimum Gasteiger partial charge on any atom is -0.444 e. The average molecular weight is 312 g/mol. The zero-order valence-electron chi connectivity index (χ0n) is 13.1. The van der Waals surface area contributed by atoms with Crippen LogP contribution in [0, 0.1) is 0 Å². The van der Waals surface area contributed by atoms with Gasteiger partial charge in [-0.25, -0.2) is 4.79 Å². The SMILES string of the molecule is CC(C)(C)OC(=O)NCCC(O)C(O)c1cncc(CO)c1. The van der Waals surface area contributed by atoms with Crippen LogP contribution in [0.2, 0.25) is 0 Å². The lowest BCUT2D eigenvalue weighted by molar-refractivity contribution is 0.0120. The number of aliphatic hydroxyl groups excluding tert-OH is 3. The summed E-state index contributed by atoms with van der Waals surface area (Å²) in [6, 6.07) is 1.57. The summed E-state index contributed by atoms with van der Waals surface area (Å²) < 4.78 is 5.06. The normalized spacial score (nSPS) is 14.3. The third-order valence-electron chi connectivity index (χ3n) is 2.81. The molecule has 0 radical (unpaired) electrons. The molecule has 4 N–H and O–H groups in total. The van der Waals surface area contributed by atoms with Gasteiger partial charge in [-0.1, -0.05) is 0 Å². The van der Waals surface area contributed by atoms with E-state index in [-0.39, 0.29) is 19.6 Å². The van der Waals surface area contributed by atoms with E-state index >= 15 is 0 Å². The zero-order valence-corrected chi connectivity index (χ0v) is 13.1. The van der Waals surface area contributed by atoms with Crippen LogP contribution in [0.3, 0.4) is 0 Å². The van der Waals surface area contributed by atoms with E-state index in [0.29, 0.717) is 11.1 Å². The van der Waals surface area contributed by atoms with Crippen LogP contribution >= 0.6 is 0 Å². The van der Waals surface area contributed by atoms with E-state index in [1.807, 2.05) is 0 Å². The van der Waals surface area contributed by atoms with Crippen molar-refractivity contribution in [3.05, 3.63) is 29.6 Å². The van der Waals surface area contributed by atoms with Gasteiger partial charge < -0.3 is 25.4 Å². The number of rotatable bonds is 6. The number of alkyl carbamates (subject to hydrolysis) is 1. The van der Waals surface area contributed by atoms with Crippen molar-refractivity contribution in [3.63, 3.8) is 0 Å². The highest BCUT2D eigenvalue weighted by molar-refractivity contribution is 5.67. The summed E-state index contributed by atoms with van der Waals surface area (Å²) in [5, 5.41) is 31.5. The number of hydrogen-bond donors (Lipinski definition) is 4. The summed E-state index contributed by atoms with van der Waals surface area (Å²) in [4.78, 5) is 15.3. The molecule has 0 bridgehead atoms. The molecular weight excluding hydrogens is 288 g/mol. The fourth-order valence-corrected chi connectivity index (χ4v) is 1.77. The Morgan fingerprint density at radius 1 is 1.36 bits per heavy atom. The van der Waals surface area contributed by atoms with E-state index in [1.165, 1.54) is 12.4 Å². The van der Waals surface area contributed by atoms with Crippen LogP contribution in [0.4, 0.5) is 4.79 Å². The lowest BCUT2D eigenvalue weighted by atomic mass is 10.0. The number of pyridine rings is 1. The average Bonchev–Trinajstić information content (AvgIpc) is 2.44. The van der Waals surface area contributed by atoms with E-state index in [9.17, 15) is 15.0 Å². The standard InChI is InChI=1S/C15H24N2O5/c1-15(2,3)22-14(21)17-5-4-12(19)13(20)11-6-10(9-18)7-16-8-11/h6-8,12-13,18-20H,4-5,9H2,1-3H3,(H,17,21). The zero-order chi connectivity index (χ0) is 16.8. The molecule has 7 heteroatoms. The third kappa shape index (κ3) is 6.38. The highest BCUT2D eigenvalue weighted by atomic mass is 16.6. The Kier molecular flexibility index (Phi) is 6.73. The van der Waals surface area contributed by atoms with Gasteiger partial charge in [0.15, 0.2) is 0 Å². The van der Waals surface area contributed by atoms with Crippen molar-refractivity contribution in [2.24, 2.45) is 0 Å². The van der Waals surface area contributed by atoms with Crippen LogP contribution < -0.4 is 5.32 Å². The molecule has 1 aromatic heterocycles. The fraction of sp³-hybridized carbons (Fsp3) is 0.600. The molecule has 22 heavy (non-hydrogen) atoms. The van der Waals surface area contributed by atoms with Crippen molar-refractivity contribution in [1.29, 1.82) is 0 Å². The summed E-state index contributed by atoms with van der Waals surface area (Å²) in [6.45, 7) is 5.25. The number of amides is 1. The Morgan fingerprint density at radius 3 is 2.64 bits per heavy atom. The second-order valence-electron chi connectivity index (χ2n) is 6.01. The first-order valence-electron chi connectivity index (χ1n) is 7.10. The summed E-state index contributed by atoms with van der Waals surface area (Å²) in [5.41, 5.74) is 0.380. The molecule has 7 nitrogen and oxygen atoms in total. The van der Waals surface area contributed by atoms with Gasteiger partial charge in [-0.05, 0) is 38.8 Å². The number of aromatic nitrogens is 1. The molecule has 0 aliphatic carbocycles. The second-order valence-corrected chi connectivity index (χ2v) is 6.01. The van der Waals surface area contributed by atoms with Gasteiger partial charge in [-0.2, -0.15) is 0 Å². The van der Waals surface area contributed by atoms with Crippen molar-refractivity contribution in [3.8, 4) is 0 Å². The van der Waals surface area contributed by atoms with Crippen molar-refractivity contribution in [2.75, 3.05) is 6.54 Å². The van der Waals surface area contributed by atoms with Crippen LogP contribution in [0.1, 0.15) is 44.4 Å². The van der Waals surface area contributed by atoms with Gasteiger partial charge in [-0.3, -0.25) is 4.98 Å². The minimum absolute atomic E-state index is 0.157. The number of aliphatic hydroxyl groups is 3. The minimum atomic E-state index is -1.14. The number of ether oxygens (including phenoxy) is 1. The molecule has 124 valence electrons. The first-order chi connectivity index (χ1) is 10.2. The topological polar surface area (TPSA) is 112 Å². The van der Waals surface area contributed by atoms with Gasteiger partial charge in [0.1, 0.15) is 11.7 Å². The number of hydrogen-bond acceptors (Lipinski definition) is 6. The van der Waals surface area contributed by atoms with Crippen molar-refractivity contribution >= 4 is 6.09 Å². The van der Waals surface area contributed by atoms with Gasteiger partial charge >= 0.3 is 6.09 Å². The van der Waals surface area contributed by atoms with E-state index in [0.717, 1.165) is 0 Å². The monoisotopic (exact) mass is 312 g/mol. The number of nitrogens with zero attached hydrogens (tertiary/aromatic N) is 1. The van der Waals surface area contributed by atoms with Gasteiger partial charge in [0.25, 0.3) is 0 Å². The number of carbonyl (C=O) groups excluding carboxylic acids is 1. The fourth-order valence-electron chi connectivity index (χ4n) is 1.77. The van der Waals surface area contributed by atoms with Gasteiger partial charge in [-0.15, -0.1) is 0 Å². The largest absolute Gasteiger partial charge is 0.444 e. The Balaban J connectivity index is 2.44. The van der Waals surface area contributed by atoms with E-state index in [4.69, 9.17) is 9.84 Å². The predicted molar refractivity (Wildman–Crippen MR) is 80.0 cm³/mol. The molecule has 1 amide bonds. The molecule has 1 heterocycles. The summed E-state index contributed by atoms with van der Waals surface area (Å²) in [6.07, 6.45) is 0.286. The van der Waals surface area contributed by atoms with Crippen LogP contribution in [0.25, 0.3) is 0 Å². The quantitative estimate of drug-likeness (QED) is 0.620. The molecule has 1 aromatic rings. The van der Waals surface area contributed by atoms with Crippen LogP contribution in [-0.4, -0.2) is 44.6 Å². The molecule has 2 atom stereocenters. The van der Waals surface area contributed by atoms with Crippen LogP contribution in [0.5, 0.6) is 0 Å². The Bertz CT molecular complexity index is 487. The number of nitrogens with one attached hydrogen (secondary N) is 1. The molecule has 0 fully saturated rings.